The van der Waals surface area contributed by atoms with Crippen LogP contribution in [0.25, 0.3) is 5.65 Å². The Balaban J connectivity index is 1.94. The van der Waals surface area contributed by atoms with Crippen LogP contribution in [0.4, 0.5) is 5.82 Å². The molecule has 0 aliphatic rings. The van der Waals surface area contributed by atoms with Crippen LogP contribution in [-0.4, -0.2) is 30.8 Å². The Labute approximate surface area is 150 Å². The molecule has 0 fully saturated rings. The summed E-state index contributed by atoms with van der Waals surface area (Å²) in [6.45, 7) is 2.12. The van der Waals surface area contributed by atoms with Gasteiger partial charge in [0.25, 0.3) is 0 Å². The van der Waals surface area contributed by atoms with E-state index in [4.69, 9.17) is 17.0 Å². The summed E-state index contributed by atoms with van der Waals surface area (Å²) in [4.78, 5) is 13.2. The van der Waals surface area contributed by atoms with E-state index >= 15 is 0 Å². The Bertz CT molecular complexity index is 916. The molecule has 0 bridgehead atoms. The number of aryl methyl sites for hydroxylation is 1. The molecule has 0 saturated heterocycles. The van der Waals surface area contributed by atoms with Crippen LogP contribution in [0.5, 0.6) is 0 Å². The van der Waals surface area contributed by atoms with Crippen molar-refractivity contribution in [3.8, 4) is 0 Å². The summed E-state index contributed by atoms with van der Waals surface area (Å²) in [5.74, 6) is 0.679. The molecule has 8 heteroatoms. The second-order valence-corrected chi connectivity index (χ2v) is 5.96. The molecule has 3 heterocycles. The third kappa shape index (κ3) is 3.89. The first kappa shape index (κ1) is 17.2. The van der Waals surface area contributed by atoms with Crippen molar-refractivity contribution in [3.05, 3.63) is 59.0 Å². The summed E-state index contributed by atoms with van der Waals surface area (Å²) in [6.07, 6.45) is 10.3. The Hall–Kier alpha value is -2.64. The van der Waals surface area contributed by atoms with E-state index in [9.17, 15) is 0 Å². The van der Waals surface area contributed by atoms with E-state index in [1.165, 1.54) is 12.5 Å². The van der Waals surface area contributed by atoms with Crippen LogP contribution >= 0.6 is 11.6 Å². The number of nitrogens with two attached hydrogens (primary N) is 1. The minimum absolute atomic E-state index is 0.570. The highest BCUT2D eigenvalue weighted by Crippen LogP contribution is 2.17. The summed E-state index contributed by atoms with van der Waals surface area (Å²) in [6, 6.07) is 3.59. The van der Waals surface area contributed by atoms with E-state index in [0.717, 1.165) is 35.4 Å². The van der Waals surface area contributed by atoms with Crippen LogP contribution in [0.3, 0.4) is 0 Å². The number of nitrogens with one attached hydrogen (secondary N) is 1. The van der Waals surface area contributed by atoms with Crippen LogP contribution in [0, 0.1) is 5.41 Å². The third-order valence-corrected chi connectivity index (χ3v) is 4.11. The molecule has 3 rings (SSSR count). The highest BCUT2D eigenvalue weighted by molar-refractivity contribution is 6.32. The number of halogens is 1. The van der Waals surface area contributed by atoms with Crippen LogP contribution in [-0.2, 0) is 12.8 Å². The molecule has 0 radical (unpaired) electrons. The van der Waals surface area contributed by atoms with Gasteiger partial charge in [0.1, 0.15) is 23.4 Å². The van der Waals surface area contributed by atoms with E-state index in [0.29, 0.717) is 17.3 Å². The minimum atomic E-state index is 0.570. The molecular formula is C17H19ClN7+. The van der Waals surface area contributed by atoms with Crippen molar-refractivity contribution in [2.45, 2.75) is 26.2 Å². The summed E-state index contributed by atoms with van der Waals surface area (Å²) >= 11 is 6.20. The van der Waals surface area contributed by atoms with Gasteiger partial charge in [-0.15, -0.1) is 0 Å². The second-order valence-electron chi connectivity index (χ2n) is 5.55. The lowest BCUT2D eigenvalue weighted by atomic mass is 10.1. The van der Waals surface area contributed by atoms with Crippen molar-refractivity contribution < 1.29 is 5.32 Å². The fourth-order valence-corrected chi connectivity index (χ4v) is 2.85. The van der Waals surface area contributed by atoms with Gasteiger partial charge in [-0.25, -0.2) is 19.5 Å². The molecule has 0 unspecified atom stereocenters. The number of hydrogen-bond acceptors (Lipinski definition) is 5. The number of rotatable bonds is 7. The van der Waals surface area contributed by atoms with E-state index in [1.54, 1.807) is 35.2 Å². The number of allylic oxidation sites excluding steroid dienone is 2. The van der Waals surface area contributed by atoms with Crippen LogP contribution < -0.4 is 5.32 Å². The first-order valence-electron chi connectivity index (χ1n) is 8.04. The first-order valence-corrected chi connectivity index (χ1v) is 8.41. The number of hydrogen-bond donors (Lipinski definition) is 2. The Morgan fingerprint density at radius 2 is 2.24 bits per heavy atom. The molecule has 128 valence electrons. The molecule has 0 aromatic carbocycles. The molecule has 0 aliphatic carbocycles. The van der Waals surface area contributed by atoms with Gasteiger partial charge in [-0.3, -0.25) is 5.32 Å². The van der Waals surface area contributed by atoms with Gasteiger partial charge >= 0.3 is 0 Å². The zero-order chi connectivity index (χ0) is 17.6. The summed E-state index contributed by atoms with van der Waals surface area (Å²) in [7, 11) is 0. The lowest BCUT2D eigenvalue weighted by Gasteiger charge is -2.10. The molecule has 0 saturated carbocycles. The number of aromatic nitrogens is 5. The van der Waals surface area contributed by atoms with E-state index in [-0.39, 0.29) is 0 Å². The van der Waals surface area contributed by atoms with Crippen LogP contribution in [0.15, 0.2) is 42.8 Å². The van der Waals surface area contributed by atoms with Crippen molar-refractivity contribution >= 4 is 29.3 Å². The molecule has 0 atom stereocenters. The zero-order valence-corrected chi connectivity index (χ0v) is 14.6. The van der Waals surface area contributed by atoms with Gasteiger partial charge in [-0.05, 0) is 18.6 Å². The van der Waals surface area contributed by atoms with Crippen LogP contribution in [0.1, 0.15) is 24.6 Å². The smallest absolute Gasteiger partial charge is 0.248 e. The largest absolute Gasteiger partial charge is 0.309 e. The quantitative estimate of drug-likeness (QED) is 0.633. The van der Waals surface area contributed by atoms with Crippen LogP contribution in [0.2, 0.25) is 5.02 Å². The first-order chi connectivity index (χ1) is 12.2. The van der Waals surface area contributed by atoms with Gasteiger partial charge in [0.2, 0.25) is 5.82 Å². The molecule has 0 amide bonds. The van der Waals surface area contributed by atoms with Crippen molar-refractivity contribution in [3.63, 3.8) is 0 Å². The van der Waals surface area contributed by atoms with E-state index in [2.05, 4.69) is 27.0 Å². The third-order valence-electron chi connectivity index (χ3n) is 3.79. The molecule has 7 nitrogen and oxygen atoms in total. The summed E-state index contributed by atoms with van der Waals surface area (Å²) < 4.78 is 1.69. The fraction of sp³-hybridized carbons (Fsp3) is 0.235. The Morgan fingerprint density at radius 1 is 1.36 bits per heavy atom. The number of pyridine rings is 1. The maximum absolute atomic E-state index is 7.44. The van der Waals surface area contributed by atoms with Crippen molar-refractivity contribution in [1.82, 2.24) is 24.6 Å². The molecule has 3 aromatic rings. The van der Waals surface area contributed by atoms with Gasteiger partial charge in [0.15, 0.2) is 5.65 Å². The molecule has 25 heavy (non-hydrogen) atoms. The minimum Gasteiger partial charge on any atom is -0.309 e. The average molecular weight is 357 g/mol. The van der Waals surface area contributed by atoms with Crippen molar-refractivity contribution in [1.29, 1.82) is 5.41 Å². The predicted molar refractivity (Wildman–Crippen MR) is 96.2 cm³/mol. The molecule has 3 N–H and O–H groups in total. The lowest BCUT2D eigenvalue weighted by Crippen LogP contribution is -2.77. The van der Waals surface area contributed by atoms with Gasteiger partial charge in [-0.2, -0.15) is 5.10 Å². The highest BCUT2D eigenvalue weighted by atomic mass is 35.5. The molecule has 3 aromatic heterocycles. The molecule has 0 aliphatic heterocycles. The number of fused-ring (bicyclic) bond motifs is 1. The SMILES string of the molecule is CCCc1c(C/C(=C/C=N)[NH2+]c2ncccc2Cl)ncn2ncnc12. The predicted octanol–water partition coefficient (Wildman–Crippen LogP) is 2.10. The number of nitrogens with zero attached hydrogens (tertiary/aromatic N) is 5. The second kappa shape index (κ2) is 7.96. The maximum atomic E-state index is 7.44. The standard InChI is InChI=1S/C17H18ClN7/c1-2-4-13-15(22-11-25-17(13)21-10-23-25)9-12(6-7-19)24-16-14(18)5-3-8-20-16/h3,5-8,10-11,19H,2,4,9H2,1H3,(H,20,24)/p+1/b12-6-,19-7?. The van der Waals surface area contributed by atoms with Gasteiger partial charge < -0.3 is 5.41 Å². The molecular weight excluding hydrogens is 338 g/mol. The fourth-order valence-electron chi connectivity index (χ4n) is 2.68. The number of quaternary nitrogens is 1. The lowest BCUT2D eigenvalue weighted by molar-refractivity contribution is -0.523. The van der Waals surface area contributed by atoms with Crippen molar-refractivity contribution in [2.24, 2.45) is 0 Å². The maximum Gasteiger partial charge on any atom is 0.248 e. The summed E-state index contributed by atoms with van der Waals surface area (Å²) in [5, 5.41) is 14.1. The normalized spacial score (nSPS) is 11.8. The van der Waals surface area contributed by atoms with Gasteiger partial charge in [0.05, 0.1) is 12.1 Å². The molecule has 0 spiro atoms. The monoisotopic (exact) mass is 356 g/mol. The Kier molecular flexibility index (Phi) is 5.47. The van der Waals surface area contributed by atoms with Gasteiger partial charge in [0, 0.05) is 24.1 Å². The topological polar surface area (TPSA) is 96.4 Å². The van der Waals surface area contributed by atoms with Gasteiger partial charge in [-0.1, -0.05) is 24.9 Å². The Morgan fingerprint density at radius 3 is 3.00 bits per heavy atom. The van der Waals surface area contributed by atoms with E-state index < -0.39 is 0 Å². The zero-order valence-electron chi connectivity index (χ0n) is 13.9. The van der Waals surface area contributed by atoms with Crippen molar-refractivity contribution in [2.75, 3.05) is 0 Å². The van der Waals surface area contributed by atoms with E-state index in [1.807, 2.05) is 5.32 Å². The summed E-state index contributed by atoms with van der Waals surface area (Å²) in [5.41, 5.74) is 3.75. The highest BCUT2D eigenvalue weighted by Gasteiger charge is 2.16. The average Bonchev–Trinajstić information content (AvgIpc) is 3.08.